The van der Waals surface area contributed by atoms with Crippen LogP contribution in [0.25, 0.3) is 0 Å². The van der Waals surface area contributed by atoms with E-state index in [1.807, 2.05) is 0 Å². The molecule has 17 nitrogen and oxygen atoms in total. The van der Waals surface area contributed by atoms with Crippen LogP contribution in [0.1, 0.15) is 388 Å². The monoisotopic (exact) mass is 1380 g/mol. The van der Waals surface area contributed by atoms with Crippen molar-refractivity contribution in [2.45, 2.75) is 407 Å². The molecule has 94 heavy (non-hydrogen) atoms. The Hall–Kier alpha value is -1.94. The molecule has 0 aromatic heterocycles. The van der Waals surface area contributed by atoms with E-state index in [1.54, 1.807) is 0 Å². The summed E-state index contributed by atoms with van der Waals surface area (Å²) in [6.07, 6.45) is 54.2. The molecule has 6 atom stereocenters. The first-order valence-electron chi connectivity index (χ1n) is 39.0. The zero-order valence-electron chi connectivity index (χ0n) is 61.3. The molecule has 0 aliphatic carbocycles. The van der Waals surface area contributed by atoms with Gasteiger partial charge in [0.05, 0.1) is 26.4 Å². The van der Waals surface area contributed by atoms with Gasteiger partial charge >= 0.3 is 39.5 Å². The second kappa shape index (κ2) is 66.9. The number of ether oxygens (including phenoxy) is 4. The van der Waals surface area contributed by atoms with Crippen LogP contribution in [0.15, 0.2) is 0 Å². The van der Waals surface area contributed by atoms with E-state index in [0.717, 1.165) is 115 Å². The van der Waals surface area contributed by atoms with Crippen LogP contribution in [-0.4, -0.2) is 96.7 Å². The molecule has 3 N–H and O–H groups in total. The molecule has 0 amide bonds. The van der Waals surface area contributed by atoms with Gasteiger partial charge in [-0.1, -0.05) is 337 Å². The predicted molar refractivity (Wildman–Crippen MR) is 381 cm³/mol. The minimum atomic E-state index is -4.96. The molecule has 0 aromatic carbocycles. The minimum Gasteiger partial charge on any atom is -0.462 e. The molecule has 0 radical (unpaired) electrons. The molecule has 0 aromatic rings. The van der Waals surface area contributed by atoms with Gasteiger partial charge in [-0.05, 0) is 37.5 Å². The summed E-state index contributed by atoms with van der Waals surface area (Å²) < 4.78 is 68.4. The second-order valence-corrected chi connectivity index (χ2v) is 30.7. The summed E-state index contributed by atoms with van der Waals surface area (Å²) >= 11 is 0. The lowest BCUT2D eigenvalue weighted by molar-refractivity contribution is -0.161. The van der Waals surface area contributed by atoms with Crippen molar-refractivity contribution >= 4 is 39.5 Å². The van der Waals surface area contributed by atoms with Gasteiger partial charge < -0.3 is 33.8 Å². The number of aliphatic hydroxyl groups is 1. The van der Waals surface area contributed by atoms with Crippen molar-refractivity contribution in [3.63, 3.8) is 0 Å². The molecule has 19 heteroatoms. The first-order valence-corrected chi connectivity index (χ1v) is 42.0. The van der Waals surface area contributed by atoms with Gasteiger partial charge in [0.15, 0.2) is 12.2 Å². The van der Waals surface area contributed by atoms with E-state index >= 15 is 0 Å². The van der Waals surface area contributed by atoms with Gasteiger partial charge in [0, 0.05) is 25.7 Å². The maximum atomic E-state index is 13.1. The van der Waals surface area contributed by atoms with Crippen molar-refractivity contribution < 1.29 is 80.2 Å². The highest BCUT2D eigenvalue weighted by Gasteiger charge is 2.30. The first kappa shape index (κ1) is 92.1. The number of esters is 4. The van der Waals surface area contributed by atoms with Gasteiger partial charge in [-0.3, -0.25) is 37.3 Å². The van der Waals surface area contributed by atoms with Crippen LogP contribution in [0.4, 0.5) is 0 Å². The smallest absolute Gasteiger partial charge is 0.462 e. The maximum absolute atomic E-state index is 13.1. The Balaban J connectivity index is 5.19. The summed E-state index contributed by atoms with van der Waals surface area (Å²) in [5, 5.41) is 10.6. The van der Waals surface area contributed by atoms with E-state index in [-0.39, 0.29) is 25.7 Å². The largest absolute Gasteiger partial charge is 0.472 e. The molecule has 0 spiro atoms. The summed E-state index contributed by atoms with van der Waals surface area (Å²) in [7, 11) is -9.90. The van der Waals surface area contributed by atoms with Crippen LogP contribution in [0.3, 0.4) is 0 Å². The third-order valence-corrected chi connectivity index (χ3v) is 19.7. The Morgan fingerprint density at radius 3 is 0.809 bits per heavy atom. The Labute approximate surface area is 575 Å². The highest BCUT2D eigenvalue weighted by Crippen LogP contribution is 2.45. The summed E-state index contributed by atoms with van der Waals surface area (Å²) in [4.78, 5) is 72.6. The summed E-state index contributed by atoms with van der Waals surface area (Å²) in [6, 6.07) is 0. The highest BCUT2D eigenvalue weighted by molar-refractivity contribution is 7.47. The maximum Gasteiger partial charge on any atom is 0.472 e. The van der Waals surface area contributed by atoms with Crippen molar-refractivity contribution in [3.8, 4) is 0 Å². The fraction of sp³-hybridized carbons (Fsp3) is 0.947. The molecule has 0 heterocycles. The van der Waals surface area contributed by atoms with Crippen LogP contribution < -0.4 is 0 Å². The molecule has 0 rings (SSSR count). The highest BCUT2D eigenvalue weighted by atomic mass is 31.2. The number of rotatable bonds is 74. The number of carbonyl (C=O) groups is 4. The van der Waals surface area contributed by atoms with Crippen LogP contribution in [-0.2, 0) is 65.4 Å². The lowest BCUT2D eigenvalue weighted by Gasteiger charge is -2.21. The van der Waals surface area contributed by atoms with Gasteiger partial charge in [0.1, 0.15) is 19.3 Å². The second-order valence-electron chi connectivity index (χ2n) is 27.8. The number of phosphoric acid groups is 2. The Morgan fingerprint density at radius 1 is 0.309 bits per heavy atom. The van der Waals surface area contributed by atoms with Crippen molar-refractivity contribution in [2.75, 3.05) is 39.6 Å². The number of unbranched alkanes of at least 4 members (excludes halogenated alkanes) is 43. The number of hydrogen-bond donors (Lipinski definition) is 3. The first-order chi connectivity index (χ1) is 45.4. The molecule has 0 aliphatic heterocycles. The zero-order chi connectivity index (χ0) is 69.3. The topological polar surface area (TPSA) is 237 Å². The third-order valence-electron chi connectivity index (χ3n) is 17.8. The summed E-state index contributed by atoms with van der Waals surface area (Å²) in [5.74, 6) is -0.543. The van der Waals surface area contributed by atoms with Gasteiger partial charge in [-0.2, -0.15) is 0 Å². The Kier molecular flexibility index (Phi) is 65.5. The standard InChI is InChI=1S/C75H146O17P2/c1-7-10-12-14-16-17-18-19-20-24-27-30-33-40-46-52-58-73(78)86-64-71(91-74(79)59-53-47-41-34-31-28-25-22-21-23-26-29-32-38-43-49-55-67(4)5)66-90-94(83,84)88-62-69(76)61-87-93(81,82)89-65-70(63-85-72(77)57-51-45-37-15-13-11-8-2)92-75(80)60-54-48-42-36-35-39-44-50-56-68(6)9-3/h67-71,76H,7-66H2,1-6H3,(H,81,82)(H,83,84)/t68?,69-,70+,71+/m0/s1. The number of phosphoric ester groups is 2. The molecular weight excluding hydrogens is 1230 g/mol. The predicted octanol–water partition coefficient (Wildman–Crippen LogP) is 21.9. The number of carbonyl (C=O) groups excluding carboxylic acids is 4. The zero-order valence-corrected chi connectivity index (χ0v) is 63.1. The van der Waals surface area contributed by atoms with E-state index in [1.165, 1.54) is 193 Å². The Bertz CT molecular complexity index is 1820. The van der Waals surface area contributed by atoms with Crippen LogP contribution >= 0.6 is 15.6 Å². The quantitative estimate of drug-likeness (QED) is 0.0222. The summed E-state index contributed by atoms with van der Waals surface area (Å²) in [6.45, 7) is 9.57. The molecule has 0 bridgehead atoms. The third kappa shape index (κ3) is 67.3. The van der Waals surface area contributed by atoms with E-state index < -0.39 is 97.5 Å². The lowest BCUT2D eigenvalue weighted by Crippen LogP contribution is -2.30. The molecule has 0 fully saturated rings. The molecule has 0 aliphatic rings. The van der Waals surface area contributed by atoms with Gasteiger partial charge in [-0.25, -0.2) is 9.13 Å². The fourth-order valence-corrected chi connectivity index (χ4v) is 13.0. The average molecular weight is 1380 g/mol. The normalized spacial score (nSPS) is 14.3. The average Bonchev–Trinajstić information content (AvgIpc) is 2.67. The van der Waals surface area contributed by atoms with Crippen molar-refractivity contribution in [2.24, 2.45) is 11.8 Å². The van der Waals surface area contributed by atoms with E-state index in [9.17, 15) is 43.2 Å². The van der Waals surface area contributed by atoms with Crippen molar-refractivity contribution in [3.05, 3.63) is 0 Å². The van der Waals surface area contributed by atoms with E-state index in [0.29, 0.717) is 25.7 Å². The van der Waals surface area contributed by atoms with Crippen LogP contribution in [0.2, 0.25) is 0 Å². The number of aliphatic hydroxyl groups excluding tert-OH is 1. The molecule has 0 saturated heterocycles. The molecule has 3 unspecified atom stereocenters. The van der Waals surface area contributed by atoms with Gasteiger partial charge in [0.2, 0.25) is 0 Å². The lowest BCUT2D eigenvalue weighted by atomic mass is 9.99. The number of hydrogen-bond acceptors (Lipinski definition) is 15. The molecule has 0 saturated carbocycles. The fourth-order valence-electron chi connectivity index (χ4n) is 11.4. The molecule has 558 valence electrons. The Morgan fingerprint density at radius 2 is 0.543 bits per heavy atom. The molecular formula is C75H146O17P2. The SMILES string of the molecule is CCCCCCCCCCCCCCCCCCC(=O)OC[C@H](COP(=O)(O)OC[C@@H](O)COP(=O)(O)OC[C@@H](COC(=O)CCCCCCCCC)OC(=O)CCCCCCCCCCC(C)CC)OC(=O)CCCCCCCCCCCCCCCCCCC(C)C. The minimum absolute atomic E-state index is 0.105. The van der Waals surface area contributed by atoms with E-state index in [2.05, 4.69) is 41.5 Å². The van der Waals surface area contributed by atoms with Crippen molar-refractivity contribution in [1.82, 2.24) is 0 Å². The van der Waals surface area contributed by atoms with E-state index in [4.69, 9.17) is 37.0 Å². The summed E-state index contributed by atoms with van der Waals surface area (Å²) in [5.41, 5.74) is 0. The van der Waals surface area contributed by atoms with Crippen molar-refractivity contribution in [1.29, 1.82) is 0 Å². The van der Waals surface area contributed by atoms with Crippen LogP contribution in [0.5, 0.6) is 0 Å². The van der Waals surface area contributed by atoms with Gasteiger partial charge in [0.25, 0.3) is 0 Å². The van der Waals surface area contributed by atoms with Gasteiger partial charge in [-0.15, -0.1) is 0 Å². The van der Waals surface area contributed by atoms with Crippen LogP contribution in [0, 0.1) is 11.8 Å².